The van der Waals surface area contributed by atoms with Gasteiger partial charge in [0.1, 0.15) is 0 Å². The first-order valence-corrected chi connectivity index (χ1v) is 6.16. The number of rotatable bonds is 4. The largest absolute Gasteiger partial charge is 0.377 e. The van der Waals surface area contributed by atoms with Gasteiger partial charge in [-0.1, -0.05) is 13.8 Å². The van der Waals surface area contributed by atoms with E-state index in [2.05, 4.69) is 12.2 Å². The molecule has 4 nitrogen and oxygen atoms in total. The first-order valence-electron chi connectivity index (χ1n) is 6.16. The molecule has 1 aliphatic rings. The van der Waals surface area contributed by atoms with Crippen LogP contribution in [-0.2, 0) is 9.53 Å². The van der Waals surface area contributed by atoms with Gasteiger partial charge in [-0.25, -0.2) is 0 Å². The summed E-state index contributed by atoms with van der Waals surface area (Å²) >= 11 is 0. The van der Waals surface area contributed by atoms with Crippen LogP contribution < -0.4 is 5.32 Å². The number of amides is 1. The van der Waals surface area contributed by atoms with Crippen molar-refractivity contribution < 1.29 is 9.53 Å². The third-order valence-corrected chi connectivity index (χ3v) is 3.11. The highest BCUT2D eigenvalue weighted by Crippen LogP contribution is 2.16. The van der Waals surface area contributed by atoms with E-state index in [4.69, 9.17) is 4.74 Å². The van der Waals surface area contributed by atoms with E-state index in [1.807, 2.05) is 25.7 Å². The van der Waals surface area contributed by atoms with Crippen molar-refractivity contribution in [2.24, 2.45) is 0 Å². The Morgan fingerprint density at radius 1 is 1.50 bits per heavy atom. The highest BCUT2D eigenvalue weighted by Gasteiger charge is 2.35. The third-order valence-electron chi connectivity index (χ3n) is 3.11. The fourth-order valence-corrected chi connectivity index (χ4v) is 2.14. The van der Waals surface area contributed by atoms with Gasteiger partial charge in [0.25, 0.3) is 0 Å². The van der Waals surface area contributed by atoms with Crippen LogP contribution in [0.2, 0.25) is 0 Å². The SMILES string of the molecule is CCNC(C)(C)C(=O)N1CCOCC1CC. The number of nitrogens with zero attached hydrogens (tertiary/aromatic N) is 1. The second kappa shape index (κ2) is 5.64. The van der Waals surface area contributed by atoms with Crippen LogP contribution in [-0.4, -0.2) is 48.7 Å². The molecule has 1 rings (SSSR count). The Kier molecular flexibility index (Phi) is 4.74. The van der Waals surface area contributed by atoms with Crippen molar-refractivity contribution in [1.82, 2.24) is 10.2 Å². The summed E-state index contributed by atoms with van der Waals surface area (Å²) in [5.41, 5.74) is -0.473. The number of carbonyl (C=O) groups excluding carboxylic acids is 1. The molecule has 1 amide bonds. The average molecular weight is 228 g/mol. The van der Waals surface area contributed by atoms with Gasteiger partial charge >= 0.3 is 0 Å². The minimum Gasteiger partial charge on any atom is -0.377 e. The van der Waals surface area contributed by atoms with Gasteiger partial charge < -0.3 is 15.0 Å². The molecular formula is C12H24N2O2. The molecule has 0 spiro atoms. The summed E-state index contributed by atoms with van der Waals surface area (Å²) in [6.45, 7) is 10.9. The van der Waals surface area contributed by atoms with Crippen molar-refractivity contribution in [3.05, 3.63) is 0 Å². The standard InChI is InChI=1S/C12H24N2O2/c1-5-10-9-16-8-7-14(10)11(15)12(3,4)13-6-2/h10,13H,5-9H2,1-4H3. The van der Waals surface area contributed by atoms with Crippen LogP contribution in [0.15, 0.2) is 0 Å². The molecule has 1 N–H and O–H groups in total. The maximum atomic E-state index is 12.4. The normalized spacial score (nSPS) is 22.2. The van der Waals surface area contributed by atoms with Crippen LogP contribution in [0.4, 0.5) is 0 Å². The first-order chi connectivity index (χ1) is 7.53. The van der Waals surface area contributed by atoms with E-state index in [9.17, 15) is 4.79 Å². The number of ether oxygens (including phenoxy) is 1. The van der Waals surface area contributed by atoms with Crippen LogP contribution in [0.1, 0.15) is 34.1 Å². The monoisotopic (exact) mass is 228 g/mol. The van der Waals surface area contributed by atoms with Crippen molar-refractivity contribution in [2.45, 2.75) is 45.7 Å². The highest BCUT2D eigenvalue weighted by atomic mass is 16.5. The van der Waals surface area contributed by atoms with E-state index in [-0.39, 0.29) is 11.9 Å². The summed E-state index contributed by atoms with van der Waals surface area (Å²) in [7, 11) is 0. The van der Waals surface area contributed by atoms with Gasteiger partial charge in [-0.3, -0.25) is 4.79 Å². The molecule has 16 heavy (non-hydrogen) atoms. The van der Waals surface area contributed by atoms with Gasteiger partial charge in [-0.05, 0) is 26.8 Å². The van der Waals surface area contributed by atoms with Crippen molar-refractivity contribution in [3.8, 4) is 0 Å². The predicted molar refractivity (Wildman–Crippen MR) is 64.4 cm³/mol. The number of morpholine rings is 1. The summed E-state index contributed by atoms with van der Waals surface area (Å²) in [6, 6.07) is 0.235. The third kappa shape index (κ3) is 2.95. The fourth-order valence-electron chi connectivity index (χ4n) is 2.14. The minimum atomic E-state index is -0.473. The molecule has 1 aliphatic heterocycles. The second-order valence-corrected chi connectivity index (χ2v) is 4.79. The van der Waals surface area contributed by atoms with E-state index in [1.165, 1.54) is 0 Å². The van der Waals surface area contributed by atoms with Gasteiger partial charge in [0.2, 0.25) is 5.91 Å². The zero-order valence-electron chi connectivity index (χ0n) is 10.9. The lowest BCUT2D eigenvalue weighted by molar-refractivity contribution is -0.146. The van der Waals surface area contributed by atoms with E-state index in [0.29, 0.717) is 19.8 Å². The zero-order chi connectivity index (χ0) is 12.2. The van der Waals surface area contributed by atoms with E-state index < -0.39 is 5.54 Å². The Balaban J connectivity index is 2.70. The Hall–Kier alpha value is -0.610. The molecule has 1 atom stereocenters. The molecule has 0 bridgehead atoms. The summed E-state index contributed by atoms with van der Waals surface area (Å²) < 4.78 is 5.41. The Labute approximate surface area is 98.3 Å². The molecule has 0 aliphatic carbocycles. The van der Waals surface area contributed by atoms with E-state index in [1.54, 1.807) is 0 Å². The van der Waals surface area contributed by atoms with Crippen LogP contribution in [0, 0.1) is 0 Å². The Morgan fingerprint density at radius 3 is 2.75 bits per heavy atom. The lowest BCUT2D eigenvalue weighted by Gasteiger charge is -2.40. The van der Waals surface area contributed by atoms with Gasteiger partial charge in [0.15, 0.2) is 0 Å². The van der Waals surface area contributed by atoms with Gasteiger partial charge in [0.05, 0.1) is 24.8 Å². The summed E-state index contributed by atoms with van der Waals surface area (Å²) in [5, 5.41) is 3.23. The molecule has 4 heteroatoms. The topological polar surface area (TPSA) is 41.6 Å². The van der Waals surface area contributed by atoms with Gasteiger partial charge in [-0.2, -0.15) is 0 Å². The average Bonchev–Trinajstić information content (AvgIpc) is 2.28. The molecule has 1 unspecified atom stereocenters. The quantitative estimate of drug-likeness (QED) is 0.781. The molecule has 0 aromatic carbocycles. The number of hydrogen-bond acceptors (Lipinski definition) is 3. The van der Waals surface area contributed by atoms with Crippen LogP contribution in [0.5, 0.6) is 0 Å². The maximum absolute atomic E-state index is 12.4. The smallest absolute Gasteiger partial charge is 0.242 e. The first kappa shape index (κ1) is 13.5. The summed E-state index contributed by atoms with van der Waals surface area (Å²) in [5.74, 6) is 0.185. The predicted octanol–water partition coefficient (Wildman–Crippen LogP) is 1.01. The van der Waals surface area contributed by atoms with Crippen LogP contribution >= 0.6 is 0 Å². The maximum Gasteiger partial charge on any atom is 0.242 e. The molecule has 0 aromatic heterocycles. The number of nitrogens with one attached hydrogen (secondary N) is 1. The number of likely N-dealkylation sites (N-methyl/N-ethyl adjacent to an activating group) is 1. The van der Waals surface area contributed by atoms with E-state index in [0.717, 1.165) is 13.0 Å². The lowest BCUT2D eigenvalue weighted by Crippen LogP contribution is -2.59. The van der Waals surface area contributed by atoms with Crippen molar-refractivity contribution in [1.29, 1.82) is 0 Å². The molecule has 1 fully saturated rings. The fraction of sp³-hybridized carbons (Fsp3) is 0.917. The summed E-state index contributed by atoms with van der Waals surface area (Å²) in [4.78, 5) is 14.4. The van der Waals surface area contributed by atoms with Crippen molar-refractivity contribution in [3.63, 3.8) is 0 Å². The number of hydrogen-bond donors (Lipinski definition) is 1. The van der Waals surface area contributed by atoms with Crippen molar-refractivity contribution in [2.75, 3.05) is 26.3 Å². The second-order valence-electron chi connectivity index (χ2n) is 4.79. The molecule has 0 radical (unpaired) electrons. The van der Waals surface area contributed by atoms with Gasteiger partial charge in [-0.15, -0.1) is 0 Å². The van der Waals surface area contributed by atoms with E-state index >= 15 is 0 Å². The molecule has 1 saturated heterocycles. The van der Waals surface area contributed by atoms with Crippen molar-refractivity contribution >= 4 is 5.91 Å². The number of carbonyl (C=O) groups is 1. The summed E-state index contributed by atoms with van der Waals surface area (Å²) in [6.07, 6.45) is 0.952. The zero-order valence-corrected chi connectivity index (χ0v) is 10.9. The lowest BCUT2D eigenvalue weighted by atomic mass is 10.0. The minimum absolute atomic E-state index is 0.185. The molecule has 1 heterocycles. The molecular weight excluding hydrogens is 204 g/mol. The van der Waals surface area contributed by atoms with Crippen LogP contribution in [0.25, 0.3) is 0 Å². The van der Waals surface area contributed by atoms with Crippen LogP contribution in [0.3, 0.4) is 0 Å². The highest BCUT2D eigenvalue weighted by molar-refractivity contribution is 5.85. The molecule has 0 aromatic rings. The van der Waals surface area contributed by atoms with Gasteiger partial charge in [0, 0.05) is 6.54 Å². The molecule has 94 valence electrons. The Bertz CT molecular complexity index is 241. The molecule has 0 saturated carbocycles. The Morgan fingerprint density at radius 2 is 2.19 bits per heavy atom.